The number of nitrogens with zero attached hydrogens (tertiary/aromatic N) is 2. The fourth-order valence-corrected chi connectivity index (χ4v) is 5.39. The van der Waals surface area contributed by atoms with E-state index in [0.717, 1.165) is 11.3 Å². The van der Waals surface area contributed by atoms with Crippen LogP contribution in [0.15, 0.2) is 59.1 Å². The van der Waals surface area contributed by atoms with Crippen LogP contribution in [-0.2, 0) is 10.5 Å². The summed E-state index contributed by atoms with van der Waals surface area (Å²) >= 11 is 1.34. The van der Waals surface area contributed by atoms with Crippen LogP contribution in [-0.4, -0.2) is 34.9 Å². The summed E-state index contributed by atoms with van der Waals surface area (Å²) in [4.78, 5) is 14.6. The summed E-state index contributed by atoms with van der Waals surface area (Å²) in [5.74, 6) is 1.13. The van der Waals surface area contributed by atoms with Gasteiger partial charge in [-0.15, -0.1) is 11.8 Å². The molecule has 2 aliphatic rings. The van der Waals surface area contributed by atoms with Crippen LogP contribution in [0, 0.1) is 11.3 Å². The molecule has 0 unspecified atom stereocenters. The third-order valence-electron chi connectivity index (χ3n) is 5.52. The Labute approximate surface area is 186 Å². The zero-order valence-electron chi connectivity index (χ0n) is 17.7. The molecule has 4 rings (SSSR count). The summed E-state index contributed by atoms with van der Waals surface area (Å²) in [5.41, 5.74) is 0.487. The van der Waals surface area contributed by atoms with E-state index in [2.05, 4.69) is 6.07 Å². The molecule has 1 fully saturated rings. The molecule has 2 aromatic carbocycles. The number of hydrogen-bond donors (Lipinski definition) is 1. The lowest BCUT2D eigenvalue weighted by atomic mass is 9.85. The van der Waals surface area contributed by atoms with Gasteiger partial charge >= 0.3 is 0 Å². The van der Waals surface area contributed by atoms with Crippen LogP contribution in [0.5, 0.6) is 11.5 Å². The van der Waals surface area contributed by atoms with Crippen LogP contribution in [0.25, 0.3) is 0 Å². The fraction of sp³-hybridized carbons (Fsp3) is 0.333. The van der Waals surface area contributed by atoms with E-state index in [4.69, 9.17) is 9.47 Å². The van der Waals surface area contributed by atoms with Crippen molar-refractivity contribution in [1.29, 1.82) is 5.26 Å². The van der Waals surface area contributed by atoms with Crippen LogP contribution in [0.1, 0.15) is 37.3 Å². The Morgan fingerprint density at radius 3 is 2.39 bits per heavy atom. The van der Waals surface area contributed by atoms with Crippen molar-refractivity contribution in [2.45, 2.75) is 38.0 Å². The van der Waals surface area contributed by atoms with Crippen molar-refractivity contribution in [3.05, 3.63) is 70.3 Å². The predicted octanol–water partition coefficient (Wildman–Crippen LogP) is 4.13. The summed E-state index contributed by atoms with van der Waals surface area (Å²) in [6.07, 6.45) is 0.188. The van der Waals surface area contributed by atoms with E-state index in [1.165, 1.54) is 16.7 Å². The first-order valence-electron chi connectivity index (χ1n) is 10.1. The van der Waals surface area contributed by atoms with Crippen LogP contribution < -0.4 is 9.47 Å². The Morgan fingerprint density at radius 2 is 1.81 bits per heavy atom. The fourth-order valence-electron chi connectivity index (χ4n) is 4.03. The molecule has 31 heavy (non-hydrogen) atoms. The van der Waals surface area contributed by atoms with Crippen LogP contribution in [0.2, 0.25) is 0 Å². The van der Waals surface area contributed by atoms with Gasteiger partial charge in [0, 0.05) is 17.9 Å². The van der Waals surface area contributed by atoms with Crippen molar-refractivity contribution in [3.8, 4) is 17.6 Å². The number of carbonyl (C=O) groups excluding carboxylic acids is 1. The maximum absolute atomic E-state index is 13.2. The molecule has 0 radical (unpaired) electrons. The highest BCUT2D eigenvalue weighted by atomic mass is 32.2. The molecule has 2 atom stereocenters. The number of methoxy groups -OCH3 is 1. The van der Waals surface area contributed by atoms with Gasteiger partial charge in [-0.2, -0.15) is 5.26 Å². The summed E-state index contributed by atoms with van der Waals surface area (Å²) in [7, 11) is 1.57. The number of amides is 1. The normalized spacial score (nSPS) is 23.0. The van der Waals surface area contributed by atoms with Gasteiger partial charge in [0.25, 0.3) is 0 Å². The van der Waals surface area contributed by atoms with Gasteiger partial charge in [-0.1, -0.05) is 24.3 Å². The number of fused-ring (bicyclic) bond motifs is 1. The van der Waals surface area contributed by atoms with Gasteiger partial charge in [0.2, 0.25) is 5.91 Å². The maximum atomic E-state index is 13.2. The summed E-state index contributed by atoms with van der Waals surface area (Å²) in [6, 6.07) is 16.8. The van der Waals surface area contributed by atoms with Crippen molar-refractivity contribution >= 4 is 17.7 Å². The summed E-state index contributed by atoms with van der Waals surface area (Å²) in [6.45, 7) is 3.92. The minimum Gasteiger partial charge on any atom is -0.497 e. The van der Waals surface area contributed by atoms with Gasteiger partial charge in [-0.3, -0.25) is 9.69 Å². The Kier molecular flexibility index (Phi) is 5.69. The summed E-state index contributed by atoms with van der Waals surface area (Å²) in [5, 5.41) is 22.0. The standard InChI is InChI=1S/C24H24N2O4S/c1-15(2)30-19-8-4-16(5-9-19)20-12-22(27)26-23(21(20)13-25)31-14-24(26,28)17-6-10-18(29-3)11-7-17/h4-11,15,20,28H,12,14H2,1-3H3/t20-,24-/m0/s1. The molecule has 0 spiro atoms. The first kappa shape index (κ1) is 21.3. The molecular formula is C24H24N2O4S. The van der Waals surface area contributed by atoms with E-state index in [-0.39, 0.29) is 30.1 Å². The molecule has 160 valence electrons. The van der Waals surface area contributed by atoms with Crippen molar-refractivity contribution in [3.63, 3.8) is 0 Å². The van der Waals surface area contributed by atoms with Crippen LogP contribution in [0.3, 0.4) is 0 Å². The highest BCUT2D eigenvalue weighted by Crippen LogP contribution is 2.51. The highest BCUT2D eigenvalue weighted by Gasteiger charge is 2.51. The Balaban J connectivity index is 1.69. The van der Waals surface area contributed by atoms with Gasteiger partial charge in [-0.25, -0.2) is 0 Å². The number of thioether (sulfide) groups is 1. The molecule has 0 bridgehead atoms. The number of hydrogen-bond acceptors (Lipinski definition) is 6. The molecule has 0 saturated carbocycles. The number of rotatable bonds is 5. The zero-order valence-corrected chi connectivity index (χ0v) is 18.5. The zero-order chi connectivity index (χ0) is 22.2. The second-order valence-electron chi connectivity index (χ2n) is 7.89. The Morgan fingerprint density at radius 1 is 1.16 bits per heavy atom. The second kappa shape index (κ2) is 8.29. The highest BCUT2D eigenvalue weighted by molar-refractivity contribution is 8.03. The SMILES string of the molecule is COc1ccc([C@@]2(O)CSC3=C(C#N)[C@H](c4ccc(OC(C)C)cc4)CC(=O)N32)cc1. The van der Waals surface area contributed by atoms with E-state index in [9.17, 15) is 15.2 Å². The van der Waals surface area contributed by atoms with Gasteiger partial charge < -0.3 is 14.6 Å². The van der Waals surface area contributed by atoms with Crippen molar-refractivity contribution in [1.82, 2.24) is 4.90 Å². The average Bonchev–Trinajstić information content (AvgIpc) is 3.13. The molecule has 1 amide bonds. The number of nitriles is 1. The minimum atomic E-state index is -1.49. The second-order valence-corrected chi connectivity index (χ2v) is 8.85. The molecule has 0 aliphatic carbocycles. The number of allylic oxidation sites excluding steroid dienone is 1. The largest absolute Gasteiger partial charge is 0.497 e. The lowest BCUT2D eigenvalue weighted by Gasteiger charge is -2.38. The number of carbonyl (C=O) groups is 1. The number of ether oxygens (including phenoxy) is 2. The molecule has 2 aliphatic heterocycles. The smallest absolute Gasteiger partial charge is 0.231 e. The van der Waals surface area contributed by atoms with E-state index in [1.54, 1.807) is 31.4 Å². The van der Waals surface area contributed by atoms with Crippen molar-refractivity contribution in [2.24, 2.45) is 0 Å². The predicted molar refractivity (Wildman–Crippen MR) is 118 cm³/mol. The molecule has 1 N–H and O–H groups in total. The van der Waals surface area contributed by atoms with E-state index >= 15 is 0 Å². The van der Waals surface area contributed by atoms with Crippen molar-refractivity contribution < 1.29 is 19.4 Å². The van der Waals surface area contributed by atoms with Crippen molar-refractivity contribution in [2.75, 3.05) is 12.9 Å². The third-order valence-corrected chi connectivity index (χ3v) is 6.74. The van der Waals surface area contributed by atoms with Crippen LogP contribution >= 0.6 is 11.8 Å². The molecule has 1 saturated heterocycles. The number of aliphatic hydroxyl groups is 1. The average molecular weight is 437 g/mol. The van der Waals surface area contributed by atoms with Crippen LogP contribution in [0.4, 0.5) is 0 Å². The Hall–Kier alpha value is -2.95. The lowest BCUT2D eigenvalue weighted by molar-refractivity contribution is -0.149. The van der Waals surface area contributed by atoms with Gasteiger partial charge in [-0.05, 0) is 43.7 Å². The first-order valence-corrected chi connectivity index (χ1v) is 11.1. The molecule has 2 aromatic rings. The van der Waals surface area contributed by atoms with Gasteiger partial charge in [0.15, 0.2) is 5.72 Å². The first-order chi connectivity index (χ1) is 14.9. The maximum Gasteiger partial charge on any atom is 0.231 e. The van der Waals surface area contributed by atoms with E-state index < -0.39 is 5.72 Å². The third kappa shape index (κ3) is 3.78. The Bertz CT molecular complexity index is 1060. The molecule has 6 nitrogen and oxygen atoms in total. The van der Waals surface area contributed by atoms with Gasteiger partial charge in [0.05, 0.1) is 35.6 Å². The molecular weight excluding hydrogens is 412 g/mol. The molecule has 7 heteroatoms. The quantitative estimate of drug-likeness (QED) is 0.759. The van der Waals surface area contributed by atoms with E-state index in [0.29, 0.717) is 21.9 Å². The van der Waals surface area contributed by atoms with Gasteiger partial charge in [0.1, 0.15) is 11.5 Å². The summed E-state index contributed by atoms with van der Waals surface area (Å²) < 4.78 is 10.9. The topological polar surface area (TPSA) is 82.8 Å². The van der Waals surface area contributed by atoms with E-state index in [1.807, 2.05) is 38.1 Å². The minimum absolute atomic E-state index is 0.0676. The lowest BCUT2D eigenvalue weighted by Crippen LogP contribution is -2.48. The monoisotopic (exact) mass is 436 g/mol. The molecule has 2 heterocycles. The molecule has 0 aromatic heterocycles. The number of benzene rings is 2.